The molecule has 15 heavy (non-hydrogen) atoms. The Hall–Kier alpha value is -0.730. The van der Waals surface area contributed by atoms with Crippen molar-refractivity contribution in [3.63, 3.8) is 0 Å². The van der Waals surface area contributed by atoms with E-state index in [1.807, 2.05) is 0 Å². The zero-order chi connectivity index (χ0) is 10.7. The summed E-state index contributed by atoms with van der Waals surface area (Å²) in [6, 6.07) is 1.12. The number of hydrogen-bond acceptors (Lipinski definition) is 1. The first kappa shape index (κ1) is 10.8. The van der Waals surface area contributed by atoms with E-state index in [9.17, 15) is 0 Å². The maximum atomic E-state index is 5.89. The molecule has 3 heteroatoms. The first-order chi connectivity index (χ1) is 7.29. The van der Waals surface area contributed by atoms with Crippen molar-refractivity contribution in [2.24, 2.45) is 16.6 Å². The van der Waals surface area contributed by atoms with Crippen molar-refractivity contribution < 1.29 is 0 Å². The second kappa shape index (κ2) is 4.86. The summed E-state index contributed by atoms with van der Waals surface area (Å²) in [5.74, 6) is 1.50. The molecule has 0 aromatic heterocycles. The van der Waals surface area contributed by atoms with Gasteiger partial charge in [-0.25, -0.2) is 4.99 Å². The molecule has 2 atom stereocenters. The van der Waals surface area contributed by atoms with E-state index >= 15 is 0 Å². The predicted octanol–water partition coefficient (Wildman–Crippen LogP) is 2.02. The summed E-state index contributed by atoms with van der Waals surface area (Å²) in [4.78, 5) is 4.54. The molecule has 0 aromatic carbocycles. The van der Waals surface area contributed by atoms with Crippen LogP contribution in [0.15, 0.2) is 4.99 Å². The van der Waals surface area contributed by atoms with Crippen molar-refractivity contribution in [1.82, 2.24) is 5.32 Å². The minimum Gasteiger partial charge on any atom is -0.370 e. The molecule has 2 rings (SSSR count). The van der Waals surface area contributed by atoms with Gasteiger partial charge in [-0.05, 0) is 31.6 Å². The van der Waals surface area contributed by atoms with Gasteiger partial charge in [0.25, 0.3) is 0 Å². The molecular weight excluding hydrogens is 186 g/mol. The summed E-state index contributed by atoms with van der Waals surface area (Å²) < 4.78 is 0. The smallest absolute Gasteiger partial charge is 0.189 e. The maximum absolute atomic E-state index is 5.89. The summed E-state index contributed by atoms with van der Waals surface area (Å²) >= 11 is 0. The van der Waals surface area contributed by atoms with Crippen LogP contribution in [0.2, 0.25) is 0 Å². The van der Waals surface area contributed by atoms with Gasteiger partial charge < -0.3 is 11.1 Å². The summed E-state index contributed by atoms with van der Waals surface area (Å²) in [7, 11) is 0. The van der Waals surface area contributed by atoms with Crippen molar-refractivity contribution in [3.8, 4) is 0 Å². The Balaban J connectivity index is 1.71. The van der Waals surface area contributed by atoms with Gasteiger partial charge in [0.15, 0.2) is 5.96 Å². The molecule has 3 nitrogen and oxygen atoms in total. The van der Waals surface area contributed by atoms with Crippen LogP contribution in [-0.4, -0.2) is 18.0 Å². The highest BCUT2D eigenvalue weighted by Crippen LogP contribution is 2.37. The Kier molecular flexibility index (Phi) is 3.49. The Morgan fingerprint density at radius 2 is 2.13 bits per heavy atom. The number of nitrogens with zero attached hydrogens (tertiary/aromatic N) is 1. The number of nitrogens with two attached hydrogens (primary N) is 1. The van der Waals surface area contributed by atoms with E-state index in [2.05, 4.69) is 17.2 Å². The molecular formula is C12H23N3. The third kappa shape index (κ3) is 3.11. The average molecular weight is 209 g/mol. The fourth-order valence-electron chi connectivity index (χ4n) is 2.57. The van der Waals surface area contributed by atoms with E-state index in [1.54, 1.807) is 0 Å². The third-order valence-electron chi connectivity index (χ3n) is 3.56. The lowest BCUT2D eigenvalue weighted by Crippen LogP contribution is -2.38. The van der Waals surface area contributed by atoms with Crippen molar-refractivity contribution >= 4 is 5.96 Å². The SMILES string of the molecule is CCC[C@@H]1C[C@H]1N=C(N)NC1CCCC1. The van der Waals surface area contributed by atoms with Crippen molar-refractivity contribution in [3.05, 3.63) is 0 Å². The van der Waals surface area contributed by atoms with Crippen molar-refractivity contribution in [1.29, 1.82) is 0 Å². The van der Waals surface area contributed by atoms with Crippen LogP contribution < -0.4 is 11.1 Å². The molecule has 2 saturated carbocycles. The van der Waals surface area contributed by atoms with Crippen LogP contribution in [0.1, 0.15) is 51.9 Å². The second-order valence-electron chi connectivity index (χ2n) is 4.99. The largest absolute Gasteiger partial charge is 0.370 e. The Bertz CT molecular complexity index is 231. The minimum atomic E-state index is 0.527. The molecule has 0 bridgehead atoms. The number of nitrogens with one attached hydrogen (secondary N) is 1. The molecule has 2 fully saturated rings. The van der Waals surface area contributed by atoms with Gasteiger partial charge >= 0.3 is 0 Å². The first-order valence-corrected chi connectivity index (χ1v) is 6.39. The lowest BCUT2D eigenvalue weighted by Gasteiger charge is -2.12. The van der Waals surface area contributed by atoms with Crippen LogP contribution in [0.25, 0.3) is 0 Å². The molecule has 2 aliphatic rings. The van der Waals surface area contributed by atoms with Gasteiger partial charge in [0, 0.05) is 6.04 Å². The van der Waals surface area contributed by atoms with Crippen LogP contribution in [0, 0.1) is 5.92 Å². The molecule has 0 amide bonds. The Labute approximate surface area is 92.5 Å². The highest BCUT2D eigenvalue weighted by Gasteiger charge is 2.36. The summed E-state index contributed by atoms with van der Waals surface area (Å²) in [6.45, 7) is 2.24. The zero-order valence-corrected chi connectivity index (χ0v) is 9.71. The van der Waals surface area contributed by atoms with E-state index in [-0.39, 0.29) is 0 Å². The van der Waals surface area contributed by atoms with Crippen molar-refractivity contribution in [2.75, 3.05) is 0 Å². The molecule has 0 radical (unpaired) electrons. The van der Waals surface area contributed by atoms with Gasteiger partial charge in [0.1, 0.15) is 0 Å². The third-order valence-corrected chi connectivity index (χ3v) is 3.56. The number of hydrogen-bond donors (Lipinski definition) is 2. The molecule has 0 unspecified atom stereocenters. The maximum Gasteiger partial charge on any atom is 0.189 e. The second-order valence-corrected chi connectivity index (χ2v) is 4.99. The molecule has 0 saturated heterocycles. The molecule has 0 aromatic rings. The summed E-state index contributed by atoms with van der Waals surface area (Å²) in [5, 5.41) is 3.34. The van der Waals surface area contributed by atoms with Crippen LogP contribution in [0.3, 0.4) is 0 Å². The molecule has 0 aliphatic heterocycles. The van der Waals surface area contributed by atoms with Gasteiger partial charge in [-0.1, -0.05) is 26.2 Å². The highest BCUT2D eigenvalue weighted by molar-refractivity contribution is 5.78. The quantitative estimate of drug-likeness (QED) is 0.550. The molecule has 0 heterocycles. The predicted molar refractivity (Wildman–Crippen MR) is 63.8 cm³/mol. The highest BCUT2D eigenvalue weighted by atomic mass is 15.1. The number of aliphatic imine (C=N–C) groups is 1. The van der Waals surface area contributed by atoms with Crippen LogP contribution in [0.5, 0.6) is 0 Å². The van der Waals surface area contributed by atoms with Crippen molar-refractivity contribution in [2.45, 2.75) is 64.0 Å². The fraction of sp³-hybridized carbons (Fsp3) is 0.917. The minimum absolute atomic E-state index is 0.527. The normalized spacial score (nSPS) is 31.9. The van der Waals surface area contributed by atoms with Crippen LogP contribution in [0.4, 0.5) is 0 Å². The monoisotopic (exact) mass is 209 g/mol. The first-order valence-electron chi connectivity index (χ1n) is 6.39. The van der Waals surface area contributed by atoms with Crippen LogP contribution >= 0.6 is 0 Å². The fourth-order valence-corrected chi connectivity index (χ4v) is 2.57. The topological polar surface area (TPSA) is 50.4 Å². The summed E-state index contributed by atoms with van der Waals surface area (Å²) in [6.07, 6.45) is 9.04. The van der Waals surface area contributed by atoms with E-state index < -0.39 is 0 Å². The van der Waals surface area contributed by atoms with Crippen LogP contribution in [-0.2, 0) is 0 Å². The number of rotatable bonds is 4. The zero-order valence-electron chi connectivity index (χ0n) is 9.71. The molecule has 86 valence electrons. The average Bonchev–Trinajstić information content (AvgIpc) is 2.73. The summed E-state index contributed by atoms with van der Waals surface area (Å²) in [5.41, 5.74) is 5.89. The standard InChI is InChI=1S/C12H23N3/c1-2-5-9-8-11(9)15-12(13)14-10-6-3-4-7-10/h9-11H,2-8H2,1H3,(H3,13,14,15)/t9-,11-/m1/s1. The van der Waals surface area contributed by atoms with Gasteiger partial charge in [0.2, 0.25) is 0 Å². The van der Waals surface area contributed by atoms with Gasteiger partial charge in [-0.15, -0.1) is 0 Å². The van der Waals surface area contributed by atoms with Gasteiger partial charge in [-0.3, -0.25) is 0 Å². The Morgan fingerprint density at radius 1 is 1.40 bits per heavy atom. The lowest BCUT2D eigenvalue weighted by molar-refractivity contribution is 0.622. The van der Waals surface area contributed by atoms with E-state index in [4.69, 9.17) is 5.73 Å². The van der Waals surface area contributed by atoms with E-state index in [0.717, 1.165) is 5.92 Å². The Morgan fingerprint density at radius 3 is 2.80 bits per heavy atom. The van der Waals surface area contributed by atoms with Gasteiger partial charge in [0.05, 0.1) is 6.04 Å². The van der Waals surface area contributed by atoms with Gasteiger partial charge in [-0.2, -0.15) is 0 Å². The molecule has 0 spiro atoms. The molecule has 3 N–H and O–H groups in total. The number of guanidine groups is 1. The van der Waals surface area contributed by atoms with E-state index in [1.165, 1.54) is 44.9 Å². The lowest BCUT2D eigenvalue weighted by atomic mass is 10.2. The van der Waals surface area contributed by atoms with E-state index in [0.29, 0.717) is 18.0 Å². The molecule has 2 aliphatic carbocycles.